The third-order valence-corrected chi connectivity index (χ3v) is 6.53. The van der Waals surface area contributed by atoms with Crippen LogP contribution in [0.1, 0.15) is 27.7 Å². The molecule has 33 heavy (non-hydrogen) atoms. The molecule has 2 bridgehead atoms. The zero-order valence-corrected chi connectivity index (χ0v) is 18.8. The lowest BCUT2D eigenvalue weighted by atomic mass is 9.97. The number of amides is 1. The van der Waals surface area contributed by atoms with Crippen molar-refractivity contribution in [1.29, 1.82) is 0 Å². The number of benzene rings is 2. The van der Waals surface area contributed by atoms with Gasteiger partial charge in [0.2, 0.25) is 5.43 Å². The van der Waals surface area contributed by atoms with E-state index in [-0.39, 0.29) is 30.5 Å². The van der Waals surface area contributed by atoms with Crippen LogP contribution in [0.25, 0.3) is 0 Å². The molecule has 9 heteroatoms. The van der Waals surface area contributed by atoms with E-state index < -0.39 is 23.1 Å². The van der Waals surface area contributed by atoms with Crippen LogP contribution in [0.4, 0.5) is 0 Å². The summed E-state index contributed by atoms with van der Waals surface area (Å²) >= 11 is 12.9. The maximum absolute atomic E-state index is 13.2. The first-order chi connectivity index (χ1) is 16.0. The lowest BCUT2D eigenvalue weighted by Crippen LogP contribution is -2.55. The Balaban J connectivity index is 1.83. The first kappa shape index (κ1) is 21.4. The smallest absolute Gasteiger partial charge is 0.278 e. The van der Waals surface area contributed by atoms with E-state index in [4.69, 9.17) is 27.9 Å². The monoisotopic (exact) mass is 483 g/mol. The molecule has 7 nitrogen and oxygen atoms in total. The van der Waals surface area contributed by atoms with Gasteiger partial charge >= 0.3 is 0 Å². The van der Waals surface area contributed by atoms with Crippen molar-refractivity contribution in [3.8, 4) is 11.5 Å². The number of aromatic nitrogens is 1. The summed E-state index contributed by atoms with van der Waals surface area (Å²) in [7, 11) is 0. The third-order valence-electron chi connectivity index (χ3n) is 5.74. The van der Waals surface area contributed by atoms with Gasteiger partial charge in [0.25, 0.3) is 5.91 Å². The van der Waals surface area contributed by atoms with E-state index in [2.05, 4.69) is 0 Å². The summed E-state index contributed by atoms with van der Waals surface area (Å²) < 4.78 is 7.58. The van der Waals surface area contributed by atoms with E-state index in [1.165, 1.54) is 16.9 Å². The van der Waals surface area contributed by atoms with Crippen LogP contribution >= 0.6 is 23.2 Å². The fraction of sp³-hybridized carbons (Fsp3) is 0.167. The van der Waals surface area contributed by atoms with E-state index in [0.29, 0.717) is 10.8 Å². The number of carbonyl (C=O) groups excluding carboxylic acids is 1. The minimum atomic E-state index is -0.619. The van der Waals surface area contributed by atoms with Crippen molar-refractivity contribution >= 4 is 29.1 Å². The highest BCUT2D eigenvalue weighted by molar-refractivity contribution is 6.43. The van der Waals surface area contributed by atoms with Gasteiger partial charge in [-0.2, -0.15) is 0 Å². The Kier molecular flexibility index (Phi) is 5.52. The molecule has 168 valence electrons. The zero-order valence-electron chi connectivity index (χ0n) is 17.3. The van der Waals surface area contributed by atoms with Crippen LogP contribution in [0, 0.1) is 0 Å². The highest BCUT2D eigenvalue weighted by atomic mass is 35.5. The first-order valence-electron chi connectivity index (χ1n) is 10.3. The highest BCUT2D eigenvalue weighted by Gasteiger charge is 2.37. The molecule has 0 saturated carbocycles. The molecule has 3 aromatic rings. The van der Waals surface area contributed by atoms with Gasteiger partial charge in [-0.1, -0.05) is 65.7 Å². The minimum absolute atomic E-state index is 0.0927. The number of pyridine rings is 1. The van der Waals surface area contributed by atoms with E-state index in [9.17, 15) is 14.7 Å². The Morgan fingerprint density at radius 3 is 2.58 bits per heavy atom. The van der Waals surface area contributed by atoms with Gasteiger partial charge < -0.3 is 14.7 Å². The molecule has 1 atom stereocenters. The van der Waals surface area contributed by atoms with Crippen LogP contribution in [0.15, 0.2) is 71.7 Å². The predicted octanol–water partition coefficient (Wildman–Crippen LogP) is 3.95. The van der Waals surface area contributed by atoms with Gasteiger partial charge in [0.1, 0.15) is 30.1 Å². The molecule has 2 aliphatic heterocycles. The Bertz CT molecular complexity index is 1320. The lowest BCUT2D eigenvalue weighted by molar-refractivity contribution is 0.0701. The van der Waals surface area contributed by atoms with Crippen molar-refractivity contribution in [1.82, 2.24) is 9.58 Å². The molecular formula is C24H19Cl2N3O4. The molecule has 0 fully saturated rings. The second-order valence-corrected chi connectivity index (χ2v) is 8.49. The van der Waals surface area contributed by atoms with Crippen LogP contribution in [0.5, 0.6) is 11.5 Å². The number of aromatic hydroxyl groups is 1. The number of fused-ring (bicyclic) bond motifs is 5. The quantitative estimate of drug-likeness (QED) is 0.530. The molecule has 3 heterocycles. The topological polar surface area (TPSA) is 75.0 Å². The molecule has 0 spiro atoms. The van der Waals surface area contributed by atoms with Gasteiger partial charge in [0, 0.05) is 24.4 Å². The Hall–Kier alpha value is -3.42. The van der Waals surface area contributed by atoms with E-state index in [0.717, 1.165) is 11.1 Å². The maximum Gasteiger partial charge on any atom is 0.278 e. The summed E-state index contributed by atoms with van der Waals surface area (Å²) in [6.45, 7) is 0.692. The normalized spacial score (nSPS) is 18.6. The van der Waals surface area contributed by atoms with Crippen LogP contribution in [-0.2, 0) is 0 Å². The largest absolute Gasteiger partial charge is 0.502 e. The van der Waals surface area contributed by atoms with Gasteiger partial charge in [-0.15, -0.1) is 0 Å². The Morgan fingerprint density at radius 2 is 1.79 bits per heavy atom. The van der Waals surface area contributed by atoms with Gasteiger partial charge in [0.15, 0.2) is 11.4 Å². The summed E-state index contributed by atoms with van der Waals surface area (Å²) in [6.07, 6.45) is 5.08. The molecule has 0 saturated heterocycles. The Labute approximate surface area is 199 Å². The SMILES string of the molecule is O=C1c2c(O)c(=O)ccn2N2CN1C/C=C/COc1c(ccc(Cl)c1Cl)[C@H]2c1ccccc1. The fourth-order valence-corrected chi connectivity index (χ4v) is 4.57. The van der Waals surface area contributed by atoms with Gasteiger partial charge in [-0.3, -0.25) is 19.3 Å². The number of halogens is 2. The van der Waals surface area contributed by atoms with Crippen molar-refractivity contribution in [3.63, 3.8) is 0 Å². The van der Waals surface area contributed by atoms with Crippen molar-refractivity contribution in [2.24, 2.45) is 0 Å². The summed E-state index contributed by atoms with van der Waals surface area (Å²) in [5.41, 5.74) is 0.909. The first-order valence-corrected chi connectivity index (χ1v) is 11.0. The molecule has 2 aromatic carbocycles. The standard InChI is InChI=1S/C24H19Cl2N3O4/c25-17-9-8-16-20(15-6-2-1-3-7-15)29-14-27(11-4-5-13-33-23(16)19(17)26)24(32)21-22(31)18(30)10-12-28(21)29/h1-10,12,20,31H,11,13-14H2/b5-4+/t20-/m1/s1. The number of nitrogens with zero attached hydrogens (tertiary/aromatic N) is 3. The van der Waals surface area contributed by atoms with Crippen molar-refractivity contribution in [3.05, 3.63) is 104 Å². The molecule has 1 amide bonds. The molecule has 1 aromatic heterocycles. The van der Waals surface area contributed by atoms with E-state index >= 15 is 0 Å². The van der Waals surface area contributed by atoms with Crippen molar-refractivity contribution < 1.29 is 14.6 Å². The van der Waals surface area contributed by atoms with Crippen molar-refractivity contribution in [2.45, 2.75) is 6.04 Å². The van der Waals surface area contributed by atoms with Crippen LogP contribution in [0.3, 0.4) is 0 Å². The number of hydrogen-bond acceptors (Lipinski definition) is 5. The summed E-state index contributed by atoms with van der Waals surface area (Å²) in [5.74, 6) is -0.597. The Morgan fingerprint density at radius 1 is 1.00 bits per heavy atom. The summed E-state index contributed by atoms with van der Waals surface area (Å²) in [6, 6.07) is 13.9. The summed E-state index contributed by atoms with van der Waals surface area (Å²) in [5, 5.41) is 13.1. The van der Waals surface area contributed by atoms with Gasteiger partial charge in [0.05, 0.1) is 5.02 Å². The fourth-order valence-electron chi connectivity index (χ4n) is 4.19. The van der Waals surface area contributed by atoms with Crippen molar-refractivity contribution in [2.75, 3.05) is 24.8 Å². The predicted molar refractivity (Wildman–Crippen MR) is 126 cm³/mol. The van der Waals surface area contributed by atoms with Crippen LogP contribution in [-0.4, -0.2) is 40.4 Å². The zero-order chi connectivity index (χ0) is 23.1. The number of ether oxygens (including phenoxy) is 1. The molecule has 2 aliphatic rings. The minimum Gasteiger partial charge on any atom is -0.502 e. The summed E-state index contributed by atoms with van der Waals surface area (Å²) in [4.78, 5) is 27.0. The third kappa shape index (κ3) is 3.63. The van der Waals surface area contributed by atoms with E-state index in [1.807, 2.05) is 41.4 Å². The molecule has 1 N–H and O–H groups in total. The molecule has 0 radical (unpaired) electrons. The molecular weight excluding hydrogens is 465 g/mol. The van der Waals surface area contributed by atoms with Gasteiger partial charge in [-0.25, -0.2) is 0 Å². The second-order valence-electron chi connectivity index (χ2n) is 7.71. The number of hydrogen-bond donors (Lipinski definition) is 1. The highest BCUT2D eigenvalue weighted by Crippen LogP contribution is 2.43. The van der Waals surface area contributed by atoms with Gasteiger partial charge in [-0.05, 0) is 17.7 Å². The average Bonchev–Trinajstić information content (AvgIpc) is 2.85. The van der Waals surface area contributed by atoms with Crippen LogP contribution < -0.4 is 15.2 Å². The number of rotatable bonds is 1. The molecule has 0 unspecified atom stereocenters. The average molecular weight is 484 g/mol. The van der Waals surface area contributed by atoms with E-state index in [1.54, 1.807) is 23.1 Å². The number of carbonyl (C=O) groups is 1. The molecule has 5 rings (SSSR count). The lowest BCUT2D eigenvalue weighted by Gasteiger charge is -2.43. The maximum atomic E-state index is 13.2. The van der Waals surface area contributed by atoms with Crippen LogP contribution in [0.2, 0.25) is 10.0 Å². The molecule has 0 aliphatic carbocycles. The second kappa shape index (κ2) is 8.50.